The van der Waals surface area contributed by atoms with Crippen LogP contribution in [0.2, 0.25) is 0 Å². The number of nitrogens with two attached hydrogens (primary N) is 1. The van der Waals surface area contributed by atoms with Gasteiger partial charge in [-0.3, -0.25) is 4.79 Å². The molecule has 1 aliphatic rings. The Labute approximate surface area is 109 Å². The molecule has 3 nitrogen and oxygen atoms in total. The van der Waals surface area contributed by atoms with Crippen molar-refractivity contribution >= 4 is 5.91 Å². The van der Waals surface area contributed by atoms with E-state index in [4.69, 9.17) is 5.73 Å². The molecule has 0 aromatic heterocycles. The number of nitrogens with zero attached hydrogens (tertiary/aromatic N) is 1. The number of amides is 1. The maximum absolute atomic E-state index is 12.4. The van der Waals surface area contributed by atoms with Gasteiger partial charge in [-0.25, -0.2) is 0 Å². The summed E-state index contributed by atoms with van der Waals surface area (Å²) < 4.78 is 0. The van der Waals surface area contributed by atoms with Crippen molar-refractivity contribution in [3.63, 3.8) is 0 Å². The van der Waals surface area contributed by atoms with Gasteiger partial charge in [0, 0.05) is 24.7 Å². The predicted molar refractivity (Wildman–Crippen MR) is 73.6 cm³/mol. The number of aryl methyl sites for hydroxylation is 2. The van der Waals surface area contributed by atoms with Gasteiger partial charge in [-0.1, -0.05) is 13.0 Å². The summed E-state index contributed by atoms with van der Waals surface area (Å²) >= 11 is 0. The lowest BCUT2D eigenvalue weighted by molar-refractivity contribution is 0.0661. The van der Waals surface area contributed by atoms with Gasteiger partial charge in [-0.15, -0.1) is 0 Å². The Morgan fingerprint density at radius 2 is 2.00 bits per heavy atom. The second kappa shape index (κ2) is 5.11. The second-order valence-corrected chi connectivity index (χ2v) is 5.61. The molecule has 1 aliphatic heterocycles. The normalized spacial score (nSPS) is 24.1. The van der Waals surface area contributed by atoms with Crippen LogP contribution < -0.4 is 5.73 Å². The maximum Gasteiger partial charge on any atom is 0.253 e. The van der Waals surface area contributed by atoms with Gasteiger partial charge in [0.05, 0.1) is 0 Å². The van der Waals surface area contributed by atoms with Crippen LogP contribution in [0.4, 0.5) is 0 Å². The van der Waals surface area contributed by atoms with Crippen LogP contribution in [0.15, 0.2) is 18.2 Å². The van der Waals surface area contributed by atoms with Crippen molar-refractivity contribution < 1.29 is 4.79 Å². The molecule has 18 heavy (non-hydrogen) atoms. The van der Waals surface area contributed by atoms with E-state index in [0.29, 0.717) is 12.5 Å². The van der Waals surface area contributed by atoms with Gasteiger partial charge in [0.25, 0.3) is 5.91 Å². The number of rotatable bonds is 1. The standard InChI is InChI=1S/C15H22N2O/c1-10-6-14(16)9-17(8-10)15(18)13-5-4-11(2)12(3)7-13/h4-5,7,10,14H,6,8-9,16H2,1-3H3. The fraction of sp³-hybridized carbons (Fsp3) is 0.533. The first kappa shape index (κ1) is 13.1. The lowest BCUT2D eigenvalue weighted by Gasteiger charge is -2.34. The monoisotopic (exact) mass is 246 g/mol. The van der Waals surface area contributed by atoms with Gasteiger partial charge in [0.15, 0.2) is 0 Å². The molecule has 0 spiro atoms. The quantitative estimate of drug-likeness (QED) is 0.825. The van der Waals surface area contributed by atoms with Gasteiger partial charge in [0.2, 0.25) is 0 Å². The zero-order valence-corrected chi connectivity index (χ0v) is 11.4. The summed E-state index contributed by atoms with van der Waals surface area (Å²) in [5, 5.41) is 0. The molecular formula is C15H22N2O. The first-order valence-corrected chi connectivity index (χ1v) is 6.59. The molecule has 0 radical (unpaired) electrons. The highest BCUT2D eigenvalue weighted by Crippen LogP contribution is 2.18. The smallest absolute Gasteiger partial charge is 0.253 e. The van der Waals surface area contributed by atoms with Crippen LogP contribution in [0, 0.1) is 19.8 Å². The molecular weight excluding hydrogens is 224 g/mol. The Bertz CT molecular complexity index is 446. The largest absolute Gasteiger partial charge is 0.337 e. The Hall–Kier alpha value is -1.35. The fourth-order valence-electron chi connectivity index (χ4n) is 2.62. The van der Waals surface area contributed by atoms with Gasteiger partial charge < -0.3 is 10.6 Å². The van der Waals surface area contributed by atoms with Crippen LogP contribution in [-0.2, 0) is 0 Å². The number of carbonyl (C=O) groups is 1. The molecule has 2 N–H and O–H groups in total. The molecule has 2 rings (SSSR count). The van der Waals surface area contributed by atoms with Crippen LogP contribution in [0.1, 0.15) is 34.8 Å². The maximum atomic E-state index is 12.4. The third-order valence-corrected chi connectivity index (χ3v) is 3.73. The van der Waals surface area contributed by atoms with E-state index >= 15 is 0 Å². The summed E-state index contributed by atoms with van der Waals surface area (Å²) in [7, 11) is 0. The van der Waals surface area contributed by atoms with E-state index in [0.717, 1.165) is 24.1 Å². The third-order valence-electron chi connectivity index (χ3n) is 3.73. The highest BCUT2D eigenvalue weighted by molar-refractivity contribution is 5.94. The van der Waals surface area contributed by atoms with Gasteiger partial charge in [-0.05, 0) is 49.4 Å². The number of piperidine rings is 1. The van der Waals surface area contributed by atoms with E-state index in [1.165, 1.54) is 5.56 Å². The summed E-state index contributed by atoms with van der Waals surface area (Å²) in [6, 6.07) is 6.01. The van der Waals surface area contributed by atoms with Crippen LogP contribution in [0.25, 0.3) is 0 Å². The molecule has 2 atom stereocenters. The van der Waals surface area contributed by atoms with Gasteiger partial charge >= 0.3 is 0 Å². The average molecular weight is 246 g/mol. The van der Waals surface area contributed by atoms with Crippen molar-refractivity contribution in [1.29, 1.82) is 0 Å². The zero-order chi connectivity index (χ0) is 13.3. The van der Waals surface area contributed by atoms with Crippen molar-refractivity contribution in [2.75, 3.05) is 13.1 Å². The highest BCUT2D eigenvalue weighted by Gasteiger charge is 2.26. The Balaban J connectivity index is 2.17. The molecule has 0 aliphatic carbocycles. The van der Waals surface area contributed by atoms with Gasteiger partial charge in [0.1, 0.15) is 0 Å². The highest BCUT2D eigenvalue weighted by atomic mass is 16.2. The van der Waals surface area contributed by atoms with E-state index in [9.17, 15) is 4.79 Å². The van der Waals surface area contributed by atoms with Gasteiger partial charge in [-0.2, -0.15) is 0 Å². The van der Waals surface area contributed by atoms with Crippen molar-refractivity contribution in [2.45, 2.75) is 33.2 Å². The first-order valence-electron chi connectivity index (χ1n) is 6.59. The zero-order valence-electron chi connectivity index (χ0n) is 11.4. The summed E-state index contributed by atoms with van der Waals surface area (Å²) in [5.74, 6) is 0.601. The molecule has 1 amide bonds. The van der Waals surface area contributed by atoms with Crippen LogP contribution in [0.3, 0.4) is 0 Å². The van der Waals surface area contributed by atoms with E-state index in [1.807, 2.05) is 30.0 Å². The van der Waals surface area contributed by atoms with Crippen LogP contribution in [0.5, 0.6) is 0 Å². The summed E-state index contributed by atoms with van der Waals surface area (Å²) in [4.78, 5) is 14.3. The minimum absolute atomic E-state index is 0.111. The lowest BCUT2D eigenvalue weighted by atomic mass is 9.95. The average Bonchev–Trinajstić information content (AvgIpc) is 2.30. The van der Waals surface area contributed by atoms with Crippen LogP contribution >= 0.6 is 0 Å². The van der Waals surface area contributed by atoms with Crippen molar-refractivity contribution in [2.24, 2.45) is 11.7 Å². The first-order chi connectivity index (χ1) is 8.47. The van der Waals surface area contributed by atoms with E-state index in [-0.39, 0.29) is 11.9 Å². The summed E-state index contributed by atoms with van der Waals surface area (Å²) in [6.07, 6.45) is 1.01. The molecule has 1 aromatic rings. The summed E-state index contributed by atoms with van der Waals surface area (Å²) in [6.45, 7) is 7.74. The molecule has 0 saturated carbocycles. The molecule has 98 valence electrons. The molecule has 1 saturated heterocycles. The SMILES string of the molecule is Cc1ccc(C(=O)N2CC(C)CC(N)C2)cc1C. The number of carbonyl (C=O) groups excluding carboxylic acids is 1. The topological polar surface area (TPSA) is 46.3 Å². The van der Waals surface area contributed by atoms with Crippen molar-refractivity contribution in [3.8, 4) is 0 Å². The molecule has 1 fully saturated rings. The number of likely N-dealkylation sites (tertiary alicyclic amines) is 1. The van der Waals surface area contributed by atoms with Crippen molar-refractivity contribution in [1.82, 2.24) is 4.90 Å². The van der Waals surface area contributed by atoms with E-state index in [1.54, 1.807) is 0 Å². The molecule has 1 aromatic carbocycles. The number of hydrogen-bond donors (Lipinski definition) is 1. The molecule has 0 bridgehead atoms. The van der Waals surface area contributed by atoms with Crippen LogP contribution in [-0.4, -0.2) is 29.9 Å². The minimum atomic E-state index is 0.111. The Kier molecular flexibility index (Phi) is 3.71. The third kappa shape index (κ3) is 2.72. The Morgan fingerprint density at radius 1 is 1.28 bits per heavy atom. The van der Waals surface area contributed by atoms with E-state index < -0.39 is 0 Å². The Morgan fingerprint density at radius 3 is 2.61 bits per heavy atom. The molecule has 2 unspecified atom stereocenters. The predicted octanol–water partition coefficient (Wildman–Crippen LogP) is 2.11. The second-order valence-electron chi connectivity index (χ2n) is 5.61. The summed E-state index contributed by atoms with van der Waals surface area (Å²) in [5.41, 5.74) is 9.15. The molecule has 3 heteroatoms. The number of benzene rings is 1. The lowest BCUT2D eigenvalue weighted by Crippen LogP contribution is -2.48. The minimum Gasteiger partial charge on any atom is -0.337 e. The molecule has 1 heterocycles. The van der Waals surface area contributed by atoms with E-state index in [2.05, 4.69) is 13.8 Å². The van der Waals surface area contributed by atoms with Crippen molar-refractivity contribution in [3.05, 3.63) is 34.9 Å². The number of hydrogen-bond acceptors (Lipinski definition) is 2. The fourth-order valence-corrected chi connectivity index (χ4v) is 2.62.